The Morgan fingerprint density at radius 2 is 1.94 bits per heavy atom. The van der Waals surface area contributed by atoms with Crippen molar-refractivity contribution < 1.29 is 4.74 Å². The molecule has 0 aliphatic heterocycles. The molecule has 1 rings (SSSR count). The van der Waals surface area contributed by atoms with Crippen LogP contribution in [0.15, 0.2) is 4.47 Å². The lowest BCUT2D eigenvalue weighted by molar-refractivity contribution is 0.117. The normalized spacial score (nSPS) is 13.2. The highest BCUT2D eigenvalue weighted by Crippen LogP contribution is 2.28. The molecular weight excluding hydrogens is 291 g/mol. The summed E-state index contributed by atoms with van der Waals surface area (Å²) in [5.74, 6) is 1.04. The maximum absolute atomic E-state index is 6.05. The Morgan fingerprint density at radius 1 is 1.31 bits per heavy atom. The van der Waals surface area contributed by atoms with Gasteiger partial charge in [0.25, 0.3) is 0 Å². The van der Waals surface area contributed by atoms with Gasteiger partial charge in [-0.05, 0) is 28.8 Å². The van der Waals surface area contributed by atoms with E-state index in [0.29, 0.717) is 17.5 Å². The lowest BCUT2D eigenvalue weighted by atomic mass is 10.1. The van der Waals surface area contributed by atoms with Crippen molar-refractivity contribution in [1.29, 1.82) is 0 Å². The Labute approximate surface area is 110 Å². The highest BCUT2D eigenvalue weighted by atomic mass is 79.9. The average molecular weight is 308 g/mol. The molecule has 0 amide bonds. The van der Waals surface area contributed by atoms with Crippen molar-refractivity contribution in [3.05, 3.63) is 21.1 Å². The second-order valence-electron chi connectivity index (χ2n) is 4.04. The third-order valence-corrected chi connectivity index (χ3v) is 3.59. The molecule has 0 bridgehead atoms. The minimum absolute atomic E-state index is 0.0947. The molecule has 90 valence electrons. The minimum Gasteiger partial charge on any atom is -0.381 e. The van der Waals surface area contributed by atoms with Crippen molar-refractivity contribution in [3.8, 4) is 0 Å². The number of ether oxygens (including phenoxy) is 1. The second-order valence-corrected chi connectivity index (χ2v) is 5.19. The molecule has 1 unspecified atom stereocenters. The maximum atomic E-state index is 6.05. The van der Waals surface area contributed by atoms with Gasteiger partial charge in [0.2, 0.25) is 0 Å². The van der Waals surface area contributed by atoms with Crippen LogP contribution in [0.4, 0.5) is 0 Å². The van der Waals surface area contributed by atoms with Gasteiger partial charge in [0.1, 0.15) is 11.0 Å². The minimum atomic E-state index is 0.0947. The van der Waals surface area contributed by atoms with Crippen LogP contribution in [0.25, 0.3) is 0 Å². The first kappa shape index (κ1) is 13.9. The zero-order chi connectivity index (χ0) is 12.3. The molecule has 0 saturated heterocycles. The van der Waals surface area contributed by atoms with E-state index in [4.69, 9.17) is 16.3 Å². The first-order valence-corrected chi connectivity index (χ1v) is 6.37. The van der Waals surface area contributed by atoms with E-state index < -0.39 is 0 Å². The lowest BCUT2D eigenvalue weighted by Gasteiger charge is -2.13. The van der Waals surface area contributed by atoms with Crippen LogP contribution in [-0.2, 0) is 11.2 Å². The highest BCUT2D eigenvalue weighted by molar-refractivity contribution is 9.10. The standard InChI is InChI=1S/C11H16BrClN2O/c1-6(2)10-9(12)11(13)15-8(14-10)5-7(3)16-4/h6-7H,5H2,1-4H3. The number of rotatable bonds is 4. The van der Waals surface area contributed by atoms with E-state index in [0.717, 1.165) is 16.0 Å². The second kappa shape index (κ2) is 5.94. The Bertz CT molecular complexity index is 371. The van der Waals surface area contributed by atoms with Crippen LogP contribution in [0.2, 0.25) is 5.15 Å². The molecule has 1 atom stereocenters. The Kier molecular flexibility index (Phi) is 5.15. The molecule has 0 fully saturated rings. The SMILES string of the molecule is COC(C)Cc1nc(Cl)c(Br)c(C(C)C)n1. The number of aromatic nitrogens is 2. The molecule has 0 aliphatic rings. The van der Waals surface area contributed by atoms with Gasteiger partial charge in [0.05, 0.1) is 16.3 Å². The van der Waals surface area contributed by atoms with E-state index in [2.05, 4.69) is 39.7 Å². The number of hydrogen-bond donors (Lipinski definition) is 0. The van der Waals surface area contributed by atoms with E-state index in [9.17, 15) is 0 Å². The van der Waals surface area contributed by atoms with Crippen LogP contribution in [0.3, 0.4) is 0 Å². The molecule has 1 heterocycles. The van der Waals surface area contributed by atoms with Crippen LogP contribution in [0, 0.1) is 0 Å². The summed E-state index contributed by atoms with van der Waals surface area (Å²) in [7, 11) is 1.68. The fourth-order valence-electron chi connectivity index (χ4n) is 1.30. The molecular formula is C11H16BrClN2O. The Balaban J connectivity index is 3.04. The number of hydrogen-bond acceptors (Lipinski definition) is 3. The summed E-state index contributed by atoms with van der Waals surface area (Å²) in [6.07, 6.45) is 0.765. The Morgan fingerprint density at radius 3 is 2.44 bits per heavy atom. The first-order chi connectivity index (χ1) is 7.45. The van der Waals surface area contributed by atoms with Gasteiger partial charge in [-0.25, -0.2) is 9.97 Å². The molecule has 1 aromatic heterocycles. The number of nitrogens with zero attached hydrogens (tertiary/aromatic N) is 2. The first-order valence-electron chi connectivity index (χ1n) is 5.20. The monoisotopic (exact) mass is 306 g/mol. The van der Waals surface area contributed by atoms with Gasteiger partial charge in [-0.15, -0.1) is 0 Å². The summed E-state index contributed by atoms with van der Waals surface area (Å²) in [4.78, 5) is 8.73. The van der Waals surface area contributed by atoms with Crippen molar-refractivity contribution in [2.75, 3.05) is 7.11 Å². The van der Waals surface area contributed by atoms with Crippen LogP contribution >= 0.6 is 27.5 Å². The summed E-state index contributed by atoms with van der Waals surface area (Å²) in [6, 6.07) is 0. The predicted octanol–water partition coefficient (Wildman–Crippen LogP) is 3.59. The van der Waals surface area contributed by atoms with Gasteiger partial charge >= 0.3 is 0 Å². The highest BCUT2D eigenvalue weighted by Gasteiger charge is 2.14. The van der Waals surface area contributed by atoms with E-state index in [-0.39, 0.29) is 6.10 Å². The predicted molar refractivity (Wildman–Crippen MR) is 69.0 cm³/mol. The van der Waals surface area contributed by atoms with E-state index in [1.165, 1.54) is 0 Å². The molecule has 0 aliphatic carbocycles. The van der Waals surface area contributed by atoms with Gasteiger partial charge in [-0.3, -0.25) is 0 Å². The zero-order valence-corrected chi connectivity index (χ0v) is 12.3. The summed E-state index contributed by atoms with van der Waals surface area (Å²) in [6.45, 7) is 6.13. The molecule has 0 spiro atoms. The molecule has 1 aromatic rings. The van der Waals surface area contributed by atoms with Gasteiger partial charge in [-0.1, -0.05) is 25.4 Å². The molecule has 0 N–H and O–H groups in total. The van der Waals surface area contributed by atoms with Gasteiger partial charge in [0, 0.05) is 13.5 Å². The van der Waals surface area contributed by atoms with Crippen molar-refractivity contribution >= 4 is 27.5 Å². The van der Waals surface area contributed by atoms with E-state index in [1.54, 1.807) is 7.11 Å². The number of methoxy groups -OCH3 is 1. The van der Waals surface area contributed by atoms with Gasteiger partial charge < -0.3 is 4.74 Å². The summed E-state index contributed by atoms with van der Waals surface area (Å²) < 4.78 is 5.98. The van der Waals surface area contributed by atoms with Crippen molar-refractivity contribution in [2.24, 2.45) is 0 Å². The fraction of sp³-hybridized carbons (Fsp3) is 0.636. The lowest BCUT2D eigenvalue weighted by Crippen LogP contribution is -2.13. The molecule has 0 aromatic carbocycles. The smallest absolute Gasteiger partial charge is 0.147 e. The van der Waals surface area contributed by atoms with E-state index in [1.807, 2.05) is 6.92 Å². The summed E-state index contributed by atoms with van der Waals surface area (Å²) in [5, 5.41) is 0.469. The molecule has 3 nitrogen and oxygen atoms in total. The largest absolute Gasteiger partial charge is 0.381 e. The van der Waals surface area contributed by atoms with Crippen molar-refractivity contribution in [2.45, 2.75) is 39.2 Å². The van der Waals surface area contributed by atoms with Crippen LogP contribution in [0.5, 0.6) is 0 Å². The van der Waals surface area contributed by atoms with Gasteiger partial charge in [-0.2, -0.15) is 0 Å². The van der Waals surface area contributed by atoms with Crippen LogP contribution < -0.4 is 0 Å². The molecule has 5 heteroatoms. The van der Waals surface area contributed by atoms with E-state index >= 15 is 0 Å². The van der Waals surface area contributed by atoms with Gasteiger partial charge in [0.15, 0.2) is 0 Å². The topological polar surface area (TPSA) is 35.0 Å². The fourth-order valence-corrected chi connectivity index (χ4v) is 2.12. The quantitative estimate of drug-likeness (QED) is 0.797. The zero-order valence-electron chi connectivity index (χ0n) is 9.92. The molecule has 0 saturated carbocycles. The summed E-state index contributed by atoms with van der Waals surface area (Å²) >= 11 is 9.46. The van der Waals surface area contributed by atoms with Crippen molar-refractivity contribution in [1.82, 2.24) is 9.97 Å². The molecule has 16 heavy (non-hydrogen) atoms. The summed E-state index contributed by atoms with van der Waals surface area (Å²) in [5.41, 5.74) is 0.943. The number of halogens is 2. The Hall–Kier alpha value is -0.190. The average Bonchev–Trinajstić information content (AvgIpc) is 2.22. The van der Waals surface area contributed by atoms with Crippen molar-refractivity contribution in [3.63, 3.8) is 0 Å². The van der Waals surface area contributed by atoms with Crippen LogP contribution in [-0.4, -0.2) is 23.2 Å². The maximum Gasteiger partial charge on any atom is 0.147 e. The van der Waals surface area contributed by atoms with Crippen LogP contribution in [0.1, 0.15) is 38.2 Å². The third kappa shape index (κ3) is 3.40. The molecule has 0 radical (unpaired) electrons. The third-order valence-electron chi connectivity index (χ3n) is 2.30.